The Bertz CT molecular complexity index is 1310. The van der Waals surface area contributed by atoms with E-state index in [9.17, 15) is 9.59 Å². The standard InChI is InChI=1S/C32H37N3O4/c1-22(2)30(36)38-20-8-19-35(7)27-17-18-29-28(21-27)31(37)39-32(29,23-9-13-25(14-10-23)33(3)4)24-11-15-26(16-12-24)34(5)6/h9-18,21H,1,8,19-20H2,2-7H3. The van der Waals surface area contributed by atoms with Crippen LogP contribution in [0.2, 0.25) is 0 Å². The summed E-state index contributed by atoms with van der Waals surface area (Å²) in [6.07, 6.45) is 0.650. The molecule has 3 aromatic rings. The van der Waals surface area contributed by atoms with Gasteiger partial charge in [-0.15, -0.1) is 0 Å². The van der Waals surface area contributed by atoms with Crippen molar-refractivity contribution in [2.75, 3.05) is 63.1 Å². The molecule has 0 spiro atoms. The van der Waals surface area contributed by atoms with Crippen LogP contribution >= 0.6 is 0 Å². The van der Waals surface area contributed by atoms with E-state index in [0.29, 0.717) is 30.7 Å². The first-order valence-corrected chi connectivity index (χ1v) is 13.0. The lowest BCUT2D eigenvalue weighted by atomic mass is 9.79. The molecule has 4 rings (SSSR count). The van der Waals surface area contributed by atoms with Crippen molar-refractivity contribution in [3.8, 4) is 0 Å². The van der Waals surface area contributed by atoms with Crippen LogP contribution in [0.1, 0.15) is 40.4 Å². The van der Waals surface area contributed by atoms with E-state index in [-0.39, 0.29) is 11.9 Å². The predicted octanol–water partition coefficient (Wildman–Crippen LogP) is 5.23. The normalized spacial score (nSPS) is 13.3. The Morgan fingerprint density at radius 2 is 1.36 bits per heavy atom. The molecule has 204 valence electrons. The smallest absolute Gasteiger partial charge is 0.340 e. The number of ether oxygens (including phenoxy) is 2. The van der Waals surface area contributed by atoms with Gasteiger partial charge in [0.25, 0.3) is 0 Å². The molecule has 0 fully saturated rings. The number of hydrogen-bond acceptors (Lipinski definition) is 7. The number of rotatable bonds is 10. The Balaban J connectivity index is 1.69. The van der Waals surface area contributed by atoms with Gasteiger partial charge in [-0.25, -0.2) is 9.59 Å². The molecule has 0 aliphatic carbocycles. The third-order valence-electron chi connectivity index (χ3n) is 7.09. The van der Waals surface area contributed by atoms with E-state index in [1.54, 1.807) is 6.92 Å². The van der Waals surface area contributed by atoms with E-state index in [2.05, 4.69) is 6.58 Å². The van der Waals surface area contributed by atoms with Crippen molar-refractivity contribution in [2.24, 2.45) is 0 Å². The highest BCUT2D eigenvalue weighted by Gasteiger charge is 2.48. The second kappa shape index (κ2) is 11.2. The summed E-state index contributed by atoms with van der Waals surface area (Å²) in [5, 5.41) is 0. The molecule has 0 atom stereocenters. The third-order valence-corrected chi connectivity index (χ3v) is 7.09. The zero-order valence-corrected chi connectivity index (χ0v) is 23.7. The number of benzene rings is 3. The first-order valence-electron chi connectivity index (χ1n) is 13.0. The zero-order valence-electron chi connectivity index (χ0n) is 23.7. The molecular formula is C32H37N3O4. The predicted molar refractivity (Wildman–Crippen MR) is 157 cm³/mol. The summed E-state index contributed by atoms with van der Waals surface area (Å²) in [5.41, 5.74) is 5.47. The molecule has 1 aliphatic heterocycles. The Kier molecular flexibility index (Phi) is 8.00. The van der Waals surface area contributed by atoms with Crippen LogP contribution in [0, 0.1) is 0 Å². The summed E-state index contributed by atoms with van der Waals surface area (Å²) in [5.74, 6) is -0.740. The number of carbonyl (C=O) groups excluding carboxylic acids is 2. The fraction of sp³-hybridized carbons (Fsp3) is 0.312. The summed E-state index contributed by atoms with van der Waals surface area (Å²) in [6, 6.07) is 22.2. The summed E-state index contributed by atoms with van der Waals surface area (Å²) in [4.78, 5) is 31.2. The molecule has 0 saturated carbocycles. The van der Waals surface area contributed by atoms with Crippen LogP contribution in [0.5, 0.6) is 0 Å². The lowest BCUT2D eigenvalue weighted by Gasteiger charge is -2.31. The van der Waals surface area contributed by atoms with Gasteiger partial charge in [-0.2, -0.15) is 0 Å². The van der Waals surface area contributed by atoms with Gasteiger partial charge in [0, 0.05) is 81.1 Å². The van der Waals surface area contributed by atoms with E-state index in [1.807, 2.05) is 117 Å². The number of carbonyl (C=O) groups is 2. The van der Waals surface area contributed by atoms with Crippen molar-refractivity contribution in [1.82, 2.24) is 0 Å². The van der Waals surface area contributed by atoms with Crippen LogP contribution in [-0.4, -0.2) is 60.3 Å². The molecule has 7 nitrogen and oxygen atoms in total. The number of esters is 2. The van der Waals surface area contributed by atoms with Gasteiger partial charge in [-0.05, 0) is 49.7 Å². The van der Waals surface area contributed by atoms with Gasteiger partial charge in [0.15, 0.2) is 5.60 Å². The first-order chi connectivity index (χ1) is 18.5. The third kappa shape index (κ3) is 5.48. The maximum absolute atomic E-state index is 13.4. The number of hydrogen-bond donors (Lipinski definition) is 0. The second-order valence-electron chi connectivity index (χ2n) is 10.4. The van der Waals surface area contributed by atoms with Crippen molar-refractivity contribution in [1.29, 1.82) is 0 Å². The van der Waals surface area contributed by atoms with Crippen molar-refractivity contribution < 1.29 is 19.1 Å². The Morgan fingerprint density at radius 1 is 0.846 bits per heavy atom. The van der Waals surface area contributed by atoms with E-state index < -0.39 is 5.60 Å². The second-order valence-corrected chi connectivity index (χ2v) is 10.4. The van der Waals surface area contributed by atoms with Gasteiger partial charge in [0.2, 0.25) is 0 Å². The van der Waals surface area contributed by atoms with Gasteiger partial charge in [0.1, 0.15) is 0 Å². The fourth-order valence-electron chi connectivity index (χ4n) is 4.80. The van der Waals surface area contributed by atoms with Crippen LogP contribution in [0.4, 0.5) is 17.1 Å². The molecule has 39 heavy (non-hydrogen) atoms. The summed E-state index contributed by atoms with van der Waals surface area (Å²) in [7, 11) is 9.95. The Hall–Kier alpha value is -4.26. The molecule has 0 bridgehead atoms. The highest BCUT2D eigenvalue weighted by atomic mass is 16.6. The maximum Gasteiger partial charge on any atom is 0.340 e. The van der Waals surface area contributed by atoms with Crippen molar-refractivity contribution in [2.45, 2.75) is 18.9 Å². The molecule has 1 heterocycles. The summed E-state index contributed by atoms with van der Waals surface area (Å²) < 4.78 is 11.5. The van der Waals surface area contributed by atoms with Crippen molar-refractivity contribution >= 4 is 29.0 Å². The number of fused-ring (bicyclic) bond motifs is 1. The summed E-state index contributed by atoms with van der Waals surface area (Å²) >= 11 is 0. The number of anilines is 3. The lowest BCUT2D eigenvalue weighted by Crippen LogP contribution is -2.29. The minimum atomic E-state index is -1.06. The van der Waals surface area contributed by atoms with E-state index in [4.69, 9.17) is 9.47 Å². The maximum atomic E-state index is 13.4. The molecule has 0 aromatic heterocycles. The molecule has 3 aromatic carbocycles. The van der Waals surface area contributed by atoms with Crippen LogP contribution in [0.3, 0.4) is 0 Å². The molecule has 0 N–H and O–H groups in total. The number of nitrogens with zero attached hydrogens (tertiary/aromatic N) is 3. The van der Waals surface area contributed by atoms with Gasteiger partial charge < -0.3 is 24.2 Å². The Labute approximate surface area is 231 Å². The van der Waals surface area contributed by atoms with Crippen LogP contribution in [-0.2, 0) is 19.9 Å². The van der Waals surface area contributed by atoms with Gasteiger partial charge in [0.05, 0.1) is 12.2 Å². The van der Waals surface area contributed by atoms with Gasteiger partial charge in [-0.1, -0.05) is 36.9 Å². The minimum absolute atomic E-state index is 0.304. The van der Waals surface area contributed by atoms with Crippen molar-refractivity contribution in [3.05, 3.63) is 101 Å². The topological polar surface area (TPSA) is 62.3 Å². The van der Waals surface area contributed by atoms with Gasteiger partial charge in [-0.3, -0.25) is 0 Å². The largest absolute Gasteiger partial charge is 0.462 e. The molecular weight excluding hydrogens is 490 g/mol. The van der Waals surface area contributed by atoms with Gasteiger partial charge >= 0.3 is 11.9 Å². The van der Waals surface area contributed by atoms with Crippen molar-refractivity contribution in [3.63, 3.8) is 0 Å². The monoisotopic (exact) mass is 527 g/mol. The quantitative estimate of drug-likeness (QED) is 0.203. The highest BCUT2D eigenvalue weighted by Crippen LogP contribution is 2.48. The average Bonchev–Trinajstić information content (AvgIpc) is 3.23. The van der Waals surface area contributed by atoms with Crippen LogP contribution < -0.4 is 14.7 Å². The summed E-state index contributed by atoms with van der Waals surface area (Å²) in [6.45, 7) is 6.19. The molecule has 1 aliphatic rings. The molecule has 0 amide bonds. The lowest BCUT2D eigenvalue weighted by molar-refractivity contribution is -0.138. The zero-order chi connectivity index (χ0) is 28.3. The van der Waals surface area contributed by atoms with E-state index >= 15 is 0 Å². The molecule has 7 heteroatoms. The number of cyclic esters (lactones) is 1. The average molecular weight is 528 g/mol. The molecule has 0 unspecified atom stereocenters. The van der Waals surface area contributed by atoms with E-state index in [1.165, 1.54) is 0 Å². The van der Waals surface area contributed by atoms with Crippen LogP contribution in [0.25, 0.3) is 0 Å². The molecule has 0 saturated heterocycles. The first kappa shape index (κ1) is 27.8. The SMILES string of the molecule is C=C(C)C(=O)OCCCN(C)c1ccc2c(c1)C(=O)OC2(c1ccc(N(C)C)cc1)c1ccc(N(C)C)cc1. The Morgan fingerprint density at radius 3 is 1.85 bits per heavy atom. The fourth-order valence-corrected chi connectivity index (χ4v) is 4.80. The van der Waals surface area contributed by atoms with Crippen LogP contribution in [0.15, 0.2) is 78.9 Å². The molecule has 0 radical (unpaired) electrons. The minimum Gasteiger partial charge on any atom is -0.462 e. The highest BCUT2D eigenvalue weighted by molar-refractivity contribution is 5.97. The van der Waals surface area contributed by atoms with E-state index in [0.717, 1.165) is 33.8 Å².